The first-order valence-corrected chi connectivity index (χ1v) is 12.3. The van der Waals surface area contributed by atoms with Gasteiger partial charge in [-0.05, 0) is 38.0 Å². The van der Waals surface area contributed by atoms with Crippen LogP contribution in [-0.4, -0.2) is 68.3 Å². The number of methoxy groups -OCH3 is 1. The summed E-state index contributed by atoms with van der Waals surface area (Å²) in [6.07, 6.45) is 2.18. The normalized spacial score (nSPS) is 18.2. The van der Waals surface area contributed by atoms with E-state index in [1.807, 2.05) is 4.57 Å². The van der Waals surface area contributed by atoms with Gasteiger partial charge in [-0.25, -0.2) is 13.2 Å². The fourth-order valence-corrected chi connectivity index (χ4v) is 5.67. The van der Waals surface area contributed by atoms with E-state index in [4.69, 9.17) is 9.47 Å². The molecule has 0 saturated carbocycles. The first-order chi connectivity index (χ1) is 14.3. The largest absolute Gasteiger partial charge is 0.462 e. The van der Waals surface area contributed by atoms with E-state index in [1.165, 1.54) is 15.6 Å². The van der Waals surface area contributed by atoms with Crippen LogP contribution < -0.4 is 4.80 Å². The number of aromatic nitrogens is 1. The average molecular weight is 456 g/mol. The van der Waals surface area contributed by atoms with E-state index in [0.717, 1.165) is 16.5 Å². The summed E-state index contributed by atoms with van der Waals surface area (Å²) in [5.74, 6) is -0.901. The Morgan fingerprint density at radius 3 is 2.77 bits per heavy atom. The number of carbonyl (C=O) groups is 2. The molecule has 1 fully saturated rings. The van der Waals surface area contributed by atoms with Crippen LogP contribution in [0, 0.1) is 0 Å². The molecule has 164 valence electrons. The first-order valence-electron chi connectivity index (χ1n) is 9.61. The molecule has 0 radical (unpaired) electrons. The van der Waals surface area contributed by atoms with E-state index in [-0.39, 0.29) is 6.61 Å². The molecule has 1 unspecified atom stereocenters. The summed E-state index contributed by atoms with van der Waals surface area (Å²) in [5, 5.41) is 0. The number of thiazole rings is 1. The highest BCUT2D eigenvalue weighted by Crippen LogP contribution is 2.23. The van der Waals surface area contributed by atoms with Crippen molar-refractivity contribution < 1.29 is 27.5 Å². The van der Waals surface area contributed by atoms with E-state index in [0.29, 0.717) is 42.9 Å². The standard InChI is InChI=1S/C19H25N3O6S2/c1-4-28-18(24)13-7-8-14-16(12-13)29-19(21(14)10-11-27-2)20-17(23)15-6-5-9-22(15)30(3,25)26/h7-8,12,15H,4-6,9-11H2,1-3H3. The number of hydrogen-bond donors (Lipinski definition) is 0. The molecule has 1 aliphatic rings. The molecule has 1 aliphatic heterocycles. The maximum absolute atomic E-state index is 12.9. The topological polar surface area (TPSA) is 107 Å². The lowest BCUT2D eigenvalue weighted by molar-refractivity contribution is -0.121. The Balaban J connectivity index is 2.04. The molecule has 2 aromatic rings. The van der Waals surface area contributed by atoms with Crippen LogP contribution in [0.3, 0.4) is 0 Å². The van der Waals surface area contributed by atoms with Crippen LogP contribution in [0.15, 0.2) is 23.2 Å². The lowest BCUT2D eigenvalue weighted by Gasteiger charge is -2.18. The lowest BCUT2D eigenvalue weighted by atomic mass is 10.2. The summed E-state index contributed by atoms with van der Waals surface area (Å²) in [6.45, 7) is 3.21. The summed E-state index contributed by atoms with van der Waals surface area (Å²) in [6, 6.07) is 4.39. The summed E-state index contributed by atoms with van der Waals surface area (Å²) >= 11 is 1.26. The van der Waals surface area contributed by atoms with Gasteiger partial charge >= 0.3 is 5.97 Å². The third-order valence-electron chi connectivity index (χ3n) is 4.83. The zero-order valence-corrected chi connectivity index (χ0v) is 18.8. The average Bonchev–Trinajstić information content (AvgIpc) is 3.31. The number of ether oxygens (including phenoxy) is 2. The quantitative estimate of drug-likeness (QED) is 0.584. The molecule has 0 aliphatic carbocycles. The van der Waals surface area contributed by atoms with E-state index >= 15 is 0 Å². The number of rotatable bonds is 7. The fourth-order valence-electron chi connectivity index (χ4n) is 3.45. The molecular weight excluding hydrogens is 430 g/mol. The van der Waals surface area contributed by atoms with Gasteiger partial charge in [-0.2, -0.15) is 9.30 Å². The van der Waals surface area contributed by atoms with Gasteiger partial charge in [-0.1, -0.05) is 11.3 Å². The molecule has 30 heavy (non-hydrogen) atoms. The van der Waals surface area contributed by atoms with Gasteiger partial charge in [0.2, 0.25) is 10.0 Å². The van der Waals surface area contributed by atoms with Crippen LogP contribution in [-0.2, 0) is 30.8 Å². The number of hydrogen-bond acceptors (Lipinski definition) is 7. The monoisotopic (exact) mass is 455 g/mol. The van der Waals surface area contributed by atoms with Gasteiger partial charge in [0.05, 0.1) is 35.2 Å². The Morgan fingerprint density at radius 1 is 1.33 bits per heavy atom. The number of amides is 1. The maximum Gasteiger partial charge on any atom is 0.338 e. The zero-order chi connectivity index (χ0) is 21.9. The predicted octanol–water partition coefficient (Wildman–Crippen LogP) is 1.38. The molecular formula is C19H25N3O6S2. The molecule has 1 aromatic heterocycles. The number of sulfonamides is 1. The highest BCUT2D eigenvalue weighted by atomic mass is 32.2. The van der Waals surface area contributed by atoms with Gasteiger partial charge in [-0.3, -0.25) is 4.79 Å². The zero-order valence-electron chi connectivity index (χ0n) is 17.2. The Morgan fingerprint density at radius 2 is 2.10 bits per heavy atom. The number of benzene rings is 1. The minimum Gasteiger partial charge on any atom is -0.462 e. The molecule has 11 heteroatoms. The molecule has 1 aromatic carbocycles. The predicted molar refractivity (Wildman–Crippen MR) is 113 cm³/mol. The molecule has 3 rings (SSSR count). The second kappa shape index (κ2) is 9.38. The van der Waals surface area contributed by atoms with Gasteiger partial charge < -0.3 is 14.0 Å². The van der Waals surface area contributed by atoms with Crippen molar-refractivity contribution in [3.8, 4) is 0 Å². The number of fused-ring (bicyclic) bond motifs is 1. The van der Waals surface area contributed by atoms with Crippen LogP contribution >= 0.6 is 11.3 Å². The molecule has 1 saturated heterocycles. The van der Waals surface area contributed by atoms with Crippen LogP contribution in [0.25, 0.3) is 10.2 Å². The Hall–Kier alpha value is -2.08. The summed E-state index contributed by atoms with van der Waals surface area (Å²) in [4.78, 5) is 29.6. The third-order valence-corrected chi connectivity index (χ3v) is 7.16. The Labute approximate surface area is 179 Å². The minimum absolute atomic E-state index is 0.280. The van der Waals surface area contributed by atoms with E-state index in [1.54, 1.807) is 32.2 Å². The van der Waals surface area contributed by atoms with Crippen LogP contribution in [0.1, 0.15) is 30.1 Å². The molecule has 2 heterocycles. The molecule has 0 spiro atoms. The van der Waals surface area contributed by atoms with Gasteiger partial charge in [0.15, 0.2) is 4.80 Å². The smallest absolute Gasteiger partial charge is 0.338 e. The fraction of sp³-hybridized carbons (Fsp3) is 0.526. The molecule has 0 bridgehead atoms. The molecule has 1 atom stereocenters. The SMILES string of the molecule is CCOC(=O)c1ccc2c(c1)sc(=NC(=O)C1CCCN1S(C)(=O)=O)n2CCOC. The van der Waals surface area contributed by atoms with Crippen molar-refractivity contribution in [2.24, 2.45) is 4.99 Å². The lowest BCUT2D eigenvalue weighted by Crippen LogP contribution is -2.40. The number of esters is 1. The first kappa shape index (κ1) is 22.6. The molecule has 1 amide bonds. The van der Waals surface area contributed by atoms with Crippen molar-refractivity contribution >= 4 is 43.5 Å². The maximum atomic E-state index is 12.9. The van der Waals surface area contributed by atoms with Crippen molar-refractivity contribution in [3.63, 3.8) is 0 Å². The van der Waals surface area contributed by atoms with Crippen LogP contribution in [0.2, 0.25) is 0 Å². The van der Waals surface area contributed by atoms with Gasteiger partial charge in [0.1, 0.15) is 6.04 Å². The van der Waals surface area contributed by atoms with E-state index < -0.39 is 27.9 Å². The third kappa shape index (κ3) is 4.80. The summed E-state index contributed by atoms with van der Waals surface area (Å²) in [5.41, 5.74) is 1.23. The molecule has 0 N–H and O–H groups in total. The highest BCUT2D eigenvalue weighted by molar-refractivity contribution is 7.88. The van der Waals surface area contributed by atoms with Crippen molar-refractivity contribution in [2.75, 3.05) is 33.1 Å². The van der Waals surface area contributed by atoms with Crippen LogP contribution in [0.4, 0.5) is 0 Å². The van der Waals surface area contributed by atoms with E-state index in [9.17, 15) is 18.0 Å². The Bertz CT molecular complexity index is 1120. The van der Waals surface area contributed by atoms with E-state index in [2.05, 4.69) is 4.99 Å². The van der Waals surface area contributed by atoms with Gasteiger partial charge in [-0.15, -0.1) is 0 Å². The van der Waals surface area contributed by atoms with Crippen molar-refractivity contribution in [1.82, 2.24) is 8.87 Å². The van der Waals surface area contributed by atoms with Crippen LogP contribution in [0.5, 0.6) is 0 Å². The summed E-state index contributed by atoms with van der Waals surface area (Å²) < 4.78 is 38.0. The molecule has 9 nitrogen and oxygen atoms in total. The number of carbonyl (C=O) groups excluding carboxylic acids is 2. The highest BCUT2D eigenvalue weighted by Gasteiger charge is 2.36. The number of nitrogens with zero attached hydrogens (tertiary/aromatic N) is 3. The Kier molecular flexibility index (Phi) is 7.06. The minimum atomic E-state index is -3.48. The van der Waals surface area contributed by atoms with Crippen molar-refractivity contribution in [2.45, 2.75) is 32.4 Å². The second-order valence-electron chi connectivity index (χ2n) is 6.91. The van der Waals surface area contributed by atoms with Gasteiger partial charge in [0, 0.05) is 20.2 Å². The summed E-state index contributed by atoms with van der Waals surface area (Å²) in [7, 11) is -1.90. The second-order valence-corrected chi connectivity index (χ2v) is 9.86. The van der Waals surface area contributed by atoms with Gasteiger partial charge in [0.25, 0.3) is 5.91 Å². The van der Waals surface area contributed by atoms with Crippen molar-refractivity contribution in [1.29, 1.82) is 0 Å². The van der Waals surface area contributed by atoms with Crippen molar-refractivity contribution in [3.05, 3.63) is 28.6 Å².